The van der Waals surface area contributed by atoms with E-state index >= 15 is 0 Å². The molecule has 126 valence electrons. The van der Waals surface area contributed by atoms with Crippen LogP contribution in [0.15, 0.2) is 23.4 Å². The summed E-state index contributed by atoms with van der Waals surface area (Å²) >= 11 is 0. The van der Waals surface area contributed by atoms with Crippen molar-refractivity contribution in [1.29, 1.82) is 0 Å². The monoisotopic (exact) mass is 347 g/mol. The molecule has 23 heavy (non-hydrogen) atoms. The van der Waals surface area contributed by atoms with Gasteiger partial charge < -0.3 is 14.3 Å². The van der Waals surface area contributed by atoms with Gasteiger partial charge in [-0.25, -0.2) is 8.42 Å². The fourth-order valence-electron chi connectivity index (χ4n) is 2.81. The molecule has 1 aromatic rings. The van der Waals surface area contributed by atoms with Gasteiger partial charge in [0, 0.05) is 18.4 Å². The quantitative estimate of drug-likeness (QED) is 0.833. The predicted molar refractivity (Wildman–Crippen MR) is 77.9 cm³/mol. The maximum absolute atomic E-state index is 12.3. The first kappa shape index (κ1) is 16.0. The SMILES string of the molecule is COc1cc(C2=NOC3(CCS(=O)(=O)C3)C2)ccc1OC(F)F. The van der Waals surface area contributed by atoms with E-state index in [4.69, 9.17) is 9.57 Å². The van der Waals surface area contributed by atoms with Crippen molar-refractivity contribution in [3.63, 3.8) is 0 Å². The molecule has 1 unspecified atom stereocenters. The molecule has 1 aromatic carbocycles. The molecule has 0 bridgehead atoms. The van der Waals surface area contributed by atoms with E-state index in [0.717, 1.165) is 0 Å². The van der Waals surface area contributed by atoms with Crippen molar-refractivity contribution in [1.82, 2.24) is 0 Å². The Morgan fingerprint density at radius 3 is 2.74 bits per heavy atom. The Morgan fingerprint density at radius 2 is 2.13 bits per heavy atom. The topological polar surface area (TPSA) is 74.2 Å². The first-order valence-electron chi connectivity index (χ1n) is 6.91. The van der Waals surface area contributed by atoms with Gasteiger partial charge in [-0.3, -0.25) is 0 Å². The van der Waals surface area contributed by atoms with E-state index in [-0.39, 0.29) is 23.0 Å². The van der Waals surface area contributed by atoms with Crippen LogP contribution in [0.3, 0.4) is 0 Å². The average Bonchev–Trinajstić information content (AvgIpc) is 3.02. The van der Waals surface area contributed by atoms with Crippen molar-refractivity contribution < 1.29 is 31.5 Å². The maximum Gasteiger partial charge on any atom is 0.387 e. The molecule has 6 nitrogen and oxygen atoms in total. The molecule has 0 N–H and O–H groups in total. The lowest BCUT2D eigenvalue weighted by molar-refractivity contribution is -0.0512. The average molecular weight is 347 g/mol. The Balaban J connectivity index is 1.81. The maximum atomic E-state index is 12.3. The lowest BCUT2D eigenvalue weighted by Gasteiger charge is -2.17. The largest absolute Gasteiger partial charge is 0.493 e. The van der Waals surface area contributed by atoms with Gasteiger partial charge in [0.1, 0.15) is 0 Å². The van der Waals surface area contributed by atoms with Crippen LogP contribution in [0, 0.1) is 0 Å². The number of nitrogens with zero attached hydrogens (tertiary/aromatic N) is 1. The van der Waals surface area contributed by atoms with Crippen LogP contribution >= 0.6 is 0 Å². The Labute approximate surface area is 131 Å². The molecule has 2 heterocycles. The highest BCUT2D eigenvalue weighted by Crippen LogP contribution is 2.38. The minimum Gasteiger partial charge on any atom is -0.493 e. The van der Waals surface area contributed by atoms with Crippen LogP contribution in [0.5, 0.6) is 11.5 Å². The van der Waals surface area contributed by atoms with E-state index in [2.05, 4.69) is 9.89 Å². The number of alkyl halides is 2. The summed E-state index contributed by atoms with van der Waals surface area (Å²) in [7, 11) is -1.76. The number of benzene rings is 1. The number of hydrogen-bond acceptors (Lipinski definition) is 6. The molecule has 1 fully saturated rings. The number of methoxy groups -OCH3 is 1. The second kappa shape index (κ2) is 5.63. The Kier molecular flexibility index (Phi) is 3.91. The molecule has 1 atom stereocenters. The molecule has 2 aliphatic heterocycles. The van der Waals surface area contributed by atoms with Gasteiger partial charge in [0.25, 0.3) is 0 Å². The van der Waals surface area contributed by atoms with Gasteiger partial charge in [-0.15, -0.1) is 0 Å². The molecule has 1 saturated heterocycles. The number of sulfone groups is 1. The molecule has 3 rings (SSSR count). The summed E-state index contributed by atoms with van der Waals surface area (Å²) in [6, 6.07) is 4.44. The zero-order chi connectivity index (χ0) is 16.7. The highest BCUT2D eigenvalue weighted by atomic mass is 32.2. The smallest absolute Gasteiger partial charge is 0.387 e. The molecular formula is C14H15F2NO5S. The van der Waals surface area contributed by atoms with Gasteiger partial charge in [0.15, 0.2) is 26.9 Å². The fourth-order valence-corrected chi connectivity index (χ4v) is 4.74. The summed E-state index contributed by atoms with van der Waals surface area (Å²) in [5.41, 5.74) is 0.369. The minimum absolute atomic E-state index is 0.0588. The number of hydrogen-bond donors (Lipinski definition) is 0. The van der Waals surface area contributed by atoms with Crippen LogP contribution in [0.1, 0.15) is 18.4 Å². The van der Waals surface area contributed by atoms with Crippen molar-refractivity contribution in [2.75, 3.05) is 18.6 Å². The Bertz CT molecular complexity index is 750. The van der Waals surface area contributed by atoms with Gasteiger partial charge in [0.05, 0.1) is 24.3 Å². The minimum atomic E-state index is -3.10. The van der Waals surface area contributed by atoms with Crippen LogP contribution in [-0.4, -0.2) is 45.0 Å². The first-order valence-corrected chi connectivity index (χ1v) is 8.73. The second-order valence-electron chi connectivity index (χ2n) is 5.58. The molecule has 0 aliphatic carbocycles. The van der Waals surface area contributed by atoms with Gasteiger partial charge >= 0.3 is 6.61 Å². The summed E-state index contributed by atoms with van der Waals surface area (Å²) in [5.74, 6) is 0.0891. The standard InChI is InChI=1S/C14H15F2NO5S/c1-20-12-6-9(2-3-11(12)21-13(15)16)10-7-14(22-17-10)4-5-23(18,19)8-14/h2-3,6,13H,4-5,7-8H2,1H3. The molecule has 2 aliphatic rings. The van der Waals surface area contributed by atoms with E-state index < -0.39 is 22.0 Å². The summed E-state index contributed by atoms with van der Waals surface area (Å²) in [5, 5.41) is 3.98. The highest BCUT2D eigenvalue weighted by molar-refractivity contribution is 7.91. The third-order valence-corrected chi connectivity index (χ3v) is 5.70. The lowest BCUT2D eigenvalue weighted by Crippen LogP contribution is -2.30. The van der Waals surface area contributed by atoms with E-state index in [1.165, 1.54) is 19.2 Å². The second-order valence-corrected chi connectivity index (χ2v) is 7.76. The number of oxime groups is 1. The van der Waals surface area contributed by atoms with Crippen molar-refractivity contribution in [2.45, 2.75) is 25.1 Å². The van der Waals surface area contributed by atoms with Crippen molar-refractivity contribution >= 4 is 15.5 Å². The fraction of sp³-hybridized carbons (Fsp3) is 0.500. The number of ether oxygens (including phenoxy) is 2. The van der Waals surface area contributed by atoms with Crippen molar-refractivity contribution in [3.8, 4) is 11.5 Å². The van der Waals surface area contributed by atoms with Crippen LogP contribution in [-0.2, 0) is 14.7 Å². The molecule has 1 spiro atoms. The van der Waals surface area contributed by atoms with Crippen molar-refractivity contribution in [2.24, 2.45) is 5.16 Å². The Hall–Kier alpha value is -1.90. The summed E-state index contributed by atoms with van der Waals surface area (Å²) < 4.78 is 57.4. The van der Waals surface area contributed by atoms with Crippen LogP contribution < -0.4 is 9.47 Å². The highest BCUT2D eigenvalue weighted by Gasteiger charge is 2.48. The van der Waals surface area contributed by atoms with Crippen molar-refractivity contribution in [3.05, 3.63) is 23.8 Å². The van der Waals surface area contributed by atoms with Gasteiger partial charge in [-0.2, -0.15) is 8.78 Å². The van der Waals surface area contributed by atoms with Gasteiger partial charge in [0.2, 0.25) is 0 Å². The normalized spacial score (nSPS) is 25.5. The molecule has 0 amide bonds. The Morgan fingerprint density at radius 1 is 1.35 bits per heavy atom. The van der Waals surface area contributed by atoms with E-state index in [1.54, 1.807) is 6.07 Å². The zero-order valence-electron chi connectivity index (χ0n) is 12.3. The van der Waals surface area contributed by atoms with Crippen LogP contribution in [0.2, 0.25) is 0 Å². The zero-order valence-corrected chi connectivity index (χ0v) is 13.1. The molecular weight excluding hydrogens is 332 g/mol. The van der Waals surface area contributed by atoms with E-state index in [1.807, 2.05) is 0 Å². The third-order valence-electron chi connectivity index (χ3n) is 3.90. The number of halogens is 2. The summed E-state index contributed by atoms with van der Waals surface area (Å²) in [6.07, 6.45) is 0.747. The van der Waals surface area contributed by atoms with Crippen LogP contribution in [0.25, 0.3) is 0 Å². The summed E-state index contributed by atoms with van der Waals surface area (Å²) in [6.45, 7) is -2.95. The summed E-state index contributed by atoms with van der Waals surface area (Å²) in [4.78, 5) is 5.39. The van der Waals surface area contributed by atoms with Crippen LogP contribution in [0.4, 0.5) is 8.78 Å². The molecule has 9 heteroatoms. The van der Waals surface area contributed by atoms with Gasteiger partial charge in [-0.05, 0) is 18.2 Å². The number of rotatable bonds is 4. The predicted octanol–water partition coefficient (Wildman–Crippen LogP) is 1.98. The van der Waals surface area contributed by atoms with E-state index in [0.29, 0.717) is 24.1 Å². The van der Waals surface area contributed by atoms with E-state index in [9.17, 15) is 17.2 Å². The lowest BCUT2D eigenvalue weighted by atomic mass is 9.93. The molecule has 0 radical (unpaired) electrons. The molecule has 0 saturated carbocycles. The first-order chi connectivity index (χ1) is 10.8. The van der Waals surface area contributed by atoms with Gasteiger partial charge in [-0.1, -0.05) is 5.16 Å². The third kappa shape index (κ3) is 3.24. The molecule has 0 aromatic heterocycles.